The molecule has 0 saturated carbocycles. The zero-order chi connectivity index (χ0) is 68.3. The van der Waals surface area contributed by atoms with Crippen molar-refractivity contribution in [2.24, 2.45) is 41.4 Å². The number of rotatable bonds is 17. The van der Waals surface area contributed by atoms with E-state index in [0.29, 0.717) is 6.42 Å². The topological polar surface area (TPSA) is 288 Å². The molecule has 5 N–H and O–H groups in total. The zero-order valence-corrected chi connectivity index (χ0v) is 58.1. The van der Waals surface area contributed by atoms with E-state index in [1.165, 1.54) is 82.8 Å². The minimum Gasteiger partial charge on any atom is -0.390 e. The van der Waals surface area contributed by atoms with Crippen LogP contribution in [0.2, 0.25) is 0 Å². The predicted octanol–water partition coefficient (Wildman–Crippen LogP) is 3.63. The van der Waals surface area contributed by atoms with Gasteiger partial charge in [0, 0.05) is 55.9 Å². The summed E-state index contributed by atoms with van der Waals surface area (Å²) in [5.74, 6) is -10.3. The minimum absolute atomic E-state index is 0.0338. The summed E-state index contributed by atoms with van der Waals surface area (Å²) in [6, 6.07) is -12.7. The highest BCUT2D eigenvalue weighted by molar-refractivity contribution is 6.00. The molecule has 13 atom stereocenters. The van der Waals surface area contributed by atoms with Gasteiger partial charge < -0.3 is 65.4 Å². The van der Waals surface area contributed by atoms with Gasteiger partial charge in [0.05, 0.1) is 6.10 Å². The van der Waals surface area contributed by atoms with Crippen LogP contribution in [0.3, 0.4) is 0 Å². The van der Waals surface area contributed by atoms with E-state index in [9.17, 15) is 48.3 Å². The van der Waals surface area contributed by atoms with Gasteiger partial charge in [0.2, 0.25) is 65.3 Å². The van der Waals surface area contributed by atoms with Crippen molar-refractivity contribution in [3.05, 3.63) is 12.2 Å². The van der Waals surface area contributed by atoms with Crippen LogP contribution in [0.15, 0.2) is 12.2 Å². The molecule has 1 fully saturated rings. The number of aliphatic hydroxyl groups excluding tert-OH is 1. The molecule has 0 aromatic rings. The molecular formula is C64H115N11O13. The highest BCUT2D eigenvalue weighted by atomic mass is 16.5. The lowest BCUT2D eigenvalue weighted by Crippen LogP contribution is -2.64. The third-order valence-corrected chi connectivity index (χ3v) is 16.5. The van der Waals surface area contributed by atoms with Crippen molar-refractivity contribution >= 4 is 65.0 Å². The summed E-state index contributed by atoms with van der Waals surface area (Å²) >= 11 is 0. The number of nitrogens with zero attached hydrogens (tertiary/aromatic N) is 7. The Bertz CT molecular complexity index is 2400. The third-order valence-electron chi connectivity index (χ3n) is 16.5. The fourth-order valence-corrected chi connectivity index (χ4v) is 11.0. The van der Waals surface area contributed by atoms with Crippen molar-refractivity contribution < 1.29 is 62.6 Å². The number of nitrogens with one attached hydrogen (secondary N) is 4. The Morgan fingerprint density at radius 3 is 1.28 bits per heavy atom. The number of hydrogen-bond acceptors (Lipinski definition) is 13. The summed E-state index contributed by atoms with van der Waals surface area (Å²) in [5.41, 5.74) is 0. The van der Waals surface area contributed by atoms with E-state index in [0.717, 1.165) is 14.7 Å². The quantitative estimate of drug-likeness (QED) is 0.130. The van der Waals surface area contributed by atoms with Crippen LogP contribution in [-0.4, -0.2) is 233 Å². The Hall–Kier alpha value is -6.17. The van der Waals surface area contributed by atoms with E-state index in [1.54, 1.807) is 67.5 Å². The molecule has 11 amide bonds. The van der Waals surface area contributed by atoms with E-state index >= 15 is 9.59 Å². The van der Waals surface area contributed by atoms with Crippen LogP contribution in [0.25, 0.3) is 0 Å². The summed E-state index contributed by atoms with van der Waals surface area (Å²) in [6.45, 7) is 31.3. The van der Waals surface area contributed by atoms with Gasteiger partial charge in [-0.2, -0.15) is 0 Å². The third kappa shape index (κ3) is 21.8. The molecule has 1 rings (SSSR count). The van der Waals surface area contributed by atoms with E-state index in [2.05, 4.69) is 21.3 Å². The van der Waals surface area contributed by atoms with E-state index in [-0.39, 0.29) is 62.4 Å². The van der Waals surface area contributed by atoms with Gasteiger partial charge in [0.1, 0.15) is 60.4 Å². The lowest BCUT2D eigenvalue weighted by molar-refractivity contribution is -0.167. The van der Waals surface area contributed by atoms with Gasteiger partial charge in [-0.05, 0) is 108 Å². The Balaban J connectivity index is 4.45. The molecule has 0 aromatic heterocycles. The van der Waals surface area contributed by atoms with Gasteiger partial charge in [-0.15, -0.1) is 0 Å². The summed E-state index contributed by atoms with van der Waals surface area (Å²) < 4.78 is 5.97. The van der Waals surface area contributed by atoms with Gasteiger partial charge in [-0.1, -0.05) is 109 Å². The number of aliphatic hydroxyl groups is 1. The van der Waals surface area contributed by atoms with Crippen LogP contribution in [0, 0.1) is 41.4 Å². The van der Waals surface area contributed by atoms with Gasteiger partial charge >= 0.3 is 0 Å². The van der Waals surface area contributed by atoms with E-state index < -0.39 is 155 Å². The van der Waals surface area contributed by atoms with Gasteiger partial charge in [0.15, 0.2) is 0 Å². The van der Waals surface area contributed by atoms with Crippen molar-refractivity contribution in [2.75, 3.05) is 55.9 Å². The molecule has 1 aliphatic rings. The van der Waals surface area contributed by atoms with Gasteiger partial charge in [0.25, 0.3) is 5.91 Å². The second kappa shape index (κ2) is 36.5. The predicted molar refractivity (Wildman–Crippen MR) is 339 cm³/mol. The Morgan fingerprint density at radius 2 is 0.852 bits per heavy atom. The molecule has 24 nitrogen and oxygen atoms in total. The molecule has 1 heterocycles. The van der Waals surface area contributed by atoms with Crippen molar-refractivity contribution in [1.82, 2.24) is 55.6 Å². The monoisotopic (exact) mass is 1250 g/mol. The maximum Gasteiger partial charge on any atom is 0.273 e. The average molecular weight is 1250 g/mol. The molecule has 1 saturated heterocycles. The van der Waals surface area contributed by atoms with Gasteiger partial charge in [-0.25, -0.2) is 0 Å². The molecule has 24 heteroatoms. The van der Waals surface area contributed by atoms with E-state index in [4.69, 9.17) is 4.74 Å². The van der Waals surface area contributed by atoms with Gasteiger partial charge in [-0.3, -0.25) is 52.7 Å². The van der Waals surface area contributed by atoms with Crippen LogP contribution in [0.4, 0.5) is 0 Å². The van der Waals surface area contributed by atoms with Crippen molar-refractivity contribution in [3.63, 3.8) is 0 Å². The summed E-state index contributed by atoms with van der Waals surface area (Å²) in [6.07, 6.45) is 1.19. The van der Waals surface area contributed by atoms with E-state index in [1.807, 2.05) is 55.4 Å². The first-order valence-electron chi connectivity index (χ1n) is 31.7. The zero-order valence-electron chi connectivity index (χ0n) is 58.1. The SMILES string of the molecule is C/C=C/C[C@@H](C)[C@@H](O)[C@H]1C(=O)N[C@@H](CC)C(=O)N(C)C(OCC)C(=O)N(C)[C@@H](CC(C)C)C(=O)N[C@@H](C(C)C)C(=O)N(C)[C@@H](CC(C)C)C(=O)N[C@@H](C)C(=O)N[C@H](C)C(=O)N(C)[C@@H](CC(C)C)C(=O)N(C)[C@@H](CC(C)C)C(=O)N(C)[C@@H](C(C)C)C(=O)N1C. The Labute approximate surface area is 526 Å². The standard InChI is InChI=1S/C64H115N11O13/c1-26-29-30-41(16)52(76)51-56(80)67-44(27-2)58(82)75(25)64(88-28-3)63(87)70(20)46(32-36(6)7)55(79)68-49(39(12)13)61(85)69(19)45(31-35(4)5)54(78)65-42(17)53(77)66-43(18)57(81)71(21)47(33-37(8)9)59(83)72(22)48(34-38(10)11)60(84)73(23)50(40(14)15)62(86)74(51)24/h26,29,35-52,64,76H,27-28,30-34H2,1-25H3,(H,65,78)(H,66,77)(H,67,80)(H,68,79)/b29-26+/t41-,42+,43-,44+,45+,46+,47+,48+,49+,50+,51+,52-,64?/m1/s1. The second-order valence-corrected chi connectivity index (χ2v) is 26.6. The lowest BCUT2D eigenvalue weighted by atomic mass is 9.91. The van der Waals surface area contributed by atoms with Crippen LogP contribution in [-0.2, 0) is 57.5 Å². The largest absolute Gasteiger partial charge is 0.390 e. The Kier molecular flexibility index (Phi) is 33.1. The number of carbonyl (C=O) groups is 11. The first kappa shape index (κ1) is 79.8. The molecule has 1 aliphatic heterocycles. The van der Waals surface area contributed by atoms with Crippen LogP contribution < -0.4 is 21.3 Å². The van der Waals surface area contributed by atoms with Crippen LogP contribution in [0.5, 0.6) is 0 Å². The fourth-order valence-electron chi connectivity index (χ4n) is 11.0. The number of ether oxygens (including phenoxy) is 1. The van der Waals surface area contributed by atoms with Crippen molar-refractivity contribution in [1.29, 1.82) is 0 Å². The molecule has 0 bridgehead atoms. The molecule has 88 heavy (non-hydrogen) atoms. The second-order valence-electron chi connectivity index (χ2n) is 26.6. The highest BCUT2D eigenvalue weighted by Gasteiger charge is 2.46. The Morgan fingerprint density at radius 1 is 0.443 bits per heavy atom. The molecular weight excluding hydrogens is 1130 g/mol. The summed E-state index contributed by atoms with van der Waals surface area (Å²) in [7, 11) is 9.80. The van der Waals surface area contributed by atoms with Crippen LogP contribution in [0.1, 0.15) is 163 Å². The molecule has 504 valence electrons. The smallest absolute Gasteiger partial charge is 0.273 e. The molecule has 0 spiro atoms. The molecule has 0 aromatic carbocycles. The normalized spacial score (nSPS) is 27.2. The maximum atomic E-state index is 15.2. The molecule has 0 radical (unpaired) electrons. The molecule has 1 unspecified atom stereocenters. The average Bonchev–Trinajstić information content (AvgIpc) is 1.33. The number of hydrogen-bond donors (Lipinski definition) is 5. The summed E-state index contributed by atoms with van der Waals surface area (Å²) in [5, 5.41) is 23.2. The first-order chi connectivity index (χ1) is 40.7. The number of amides is 11. The fraction of sp³-hybridized carbons (Fsp3) is 0.797. The first-order valence-corrected chi connectivity index (χ1v) is 31.7. The maximum absolute atomic E-state index is 15.2. The molecule has 0 aliphatic carbocycles. The summed E-state index contributed by atoms with van der Waals surface area (Å²) in [4.78, 5) is 170. The highest BCUT2D eigenvalue weighted by Crippen LogP contribution is 2.26. The van der Waals surface area contributed by atoms with Crippen LogP contribution >= 0.6 is 0 Å². The van der Waals surface area contributed by atoms with Crippen molar-refractivity contribution in [3.8, 4) is 0 Å². The number of allylic oxidation sites excluding steroid dienone is 2. The number of carbonyl (C=O) groups excluding carboxylic acids is 11. The lowest BCUT2D eigenvalue weighted by Gasteiger charge is -2.41. The van der Waals surface area contributed by atoms with Crippen molar-refractivity contribution in [2.45, 2.75) is 236 Å². The minimum atomic E-state index is -1.65. The number of likely N-dealkylation sites (N-methyl/N-ethyl adjacent to an activating group) is 7.